The van der Waals surface area contributed by atoms with Gasteiger partial charge in [-0.3, -0.25) is 19.3 Å². The van der Waals surface area contributed by atoms with Gasteiger partial charge in [0, 0.05) is 6.07 Å². The summed E-state index contributed by atoms with van der Waals surface area (Å²) in [5, 5.41) is 2.69. The van der Waals surface area contributed by atoms with Gasteiger partial charge in [0.2, 0.25) is 5.91 Å². The van der Waals surface area contributed by atoms with Crippen LogP contribution < -0.4 is 14.8 Å². The van der Waals surface area contributed by atoms with Gasteiger partial charge in [0.25, 0.3) is 11.8 Å². The highest BCUT2D eigenvalue weighted by molar-refractivity contribution is 6.23. The van der Waals surface area contributed by atoms with Crippen molar-refractivity contribution in [2.24, 2.45) is 0 Å². The van der Waals surface area contributed by atoms with E-state index in [1.807, 2.05) is 0 Å². The van der Waals surface area contributed by atoms with E-state index in [0.717, 1.165) is 4.90 Å². The van der Waals surface area contributed by atoms with Crippen molar-refractivity contribution in [3.05, 3.63) is 53.6 Å². The molecule has 3 amide bonds. The van der Waals surface area contributed by atoms with Crippen LogP contribution >= 0.6 is 0 Å². The van der Waals surface area contributed by atoms with Crippen LogP contribution in [0.25, 0.3) is 0 Å². The summed E-state index contributed by atoms with van der Waals surface area (Å²) in [6.45, 7) is 1.51. The van der Waals surface area contributed by atoms with Crippen LogP contribution in [0, 0.1) is 0 Å². The van der Waals surface area contributed by atoms with Gasteiger partial charge in [0.15, 0.2) is 0 Å². The zero-order valence-corrected chi connectivity index (χ0v) is 14.6. The average molecular weight is 354 g/mol. The zero-order valence-electron chi connectivity index (χ0n) is 14.6. The van der Waals surface area contributed by atoms with Gasteiger partial charge in [-0.1, -0.05) is 12.1 Å². The Balaban J connectivity index is 1.81. The van der Waals surface area contributed by atoms with Crippen LogP contribution in [0.1, 0.15) is 27.6 Å². The van der Waals surface area contributed by atoms with Gasteiger partial charge in [-0.2, -0.15) is 0 Å². The fourth-order valence-corrected chi connectivity index (χ4v) is 2.82. The predicted octanol–water partition coefficient (Wildman–Crippen LogP) is 2.33. The highest BCUT2D eigenvalue weighted by Crippen LogP contribution is 2.30. The number of hydrogen-bond acceptors (Lipinski definition) is 5. The number of ether oxygens (including phenoxy) is 2. The Bertz CT molecular complexity index is 858. The van der Waals surface area contributed by atoms with Gasteiger partial charge in [-0.15, -0.1) is 0 Å². The Morgan fingerprint density at radius 2 is 1.62 bits per heavy atom. The molecule has 0 fully saturated rings. The topological polar surface area (TPSA) is 84.9 Å². The minimum Gasteiger partial charge on any atom is -0.497 e. The number of rotatable bonds is 5. The van der Waals surface area contributed by atoms with Crippen LogP contribution in [-0.4, -0.2) is 42.9 Å². The second-order valence-corrected chi connectivity index (χ2v) is 5.76. The number of carbonyl (C=O) groups excluding carboxylic acids is 3. The zero-order chi connectivity index (χ0) is 18.8. The van der Waals surface area contributed by atoms with E-state index < -0.39 is 23.8 Å². The lowest BCUT2D eigenvalue weighted by atomic mass is 10.1. The van der Waals surface area contributed by atoms with Crippen LogP contribution in [0.4, 0.5) is 5.69 Å². The molecule has 0 saturated carbocycles. The van der Waals surface area contributed by atoms with E-state index in [-0.39, 0.29) is 0 Å². The Morgan fingerprint density at radius 3 is 2.15 bits per heavy atom. The number of benzene rings is 2. The quantitative estimate of drug-likeness (QED) is 0.833. The summed E-state index contributed by atoms with van der Waals surface area (Å²) in [5.74, 6) is -0.464. The Morgan fingerprint density at radius 1 is 1.00 bits per heavy atom. The maximum Gasteiger partial charge on any atom is 0.262 e. The molecule has 1 heterocycles. The minimum atomic E-state index is -0.978. The number of carbonyl (C=O) groups is 3. The van der Waals surface area contributed by atoms with E-state index >= 15 is 0 Å². The van der Waals surface area contributed by atoms with Gasteiger partial charge in [-0.25, -0.2) is 0 Å². The maximum absolute atomic E-state index is 12.6. The third-order valence-electron chi connectivity index (χ3n) is 4.26. The molecule has 1 N–H and O–H groups in total. The van der Waals surface area contributed by atoms with Crippen LogP contribution in [0.15, 0.2) is 42.5 Å². The fourth-order valence-electron chi connectivity index (χ4n) is 2.82. The Hall–Kier alpha value is -3.35. The summed E-state index contributed by atoms with van der Waals surface area (Å²) >= 11 is 0. The molecule has 0 spiro atoms. The van der Waals surface area contributed by atoms with E-state index in [4.69, 9.17) is 9.47 Å². The molecule has 1 aliphatic rings. The van der Waals surface area contributed by atoms with Gasteiger partial charge in [-0.05, 0) is 31.2 Å². The first-order chi connectivity index (χ1) is 12.5. The number of imide groups is 1. The standard InChI is InChI=1S/C19H18N2O5/c1-11(21-18(23)13-6-4-5-7-14(13)19(21)24)17(22)20-15-9-8-12(25-2)10-16(15)26-3/h4-11H,1-3H3,(H,20,22)/t11-/m1/s1. The minimum absolute atomic E-state index is 0.305. The molecule has 26 heavy (non-hydrogen) atoms. The van der Waals surface area contributed by atoms with Crippen molar-refractivity contribution in [1.82, 2.24) is 4.90 Å². The third-order valence-corrected chi connectivity index (χ3v) is 4.26. The number of anilines is 1. The molecule has 1 aliphatic heterocycles. The molecule has 0 aromatic heterocycles. The van der Waals surface area contributed by atoms with E-state index in [2.05, 4.69) is 5.32 Å². The molecule has 1 atom stereocenters. The molecule has 7 nitrogen and oxygen atoms in total. The number of nitrogens with zero attached hydrogens (tertiary/aromatic N) is 1. The van der Waals surface area contributed by atoms with Crippen molar-refractivity contribution in [3.63, 3.8) is 0 Å². The molecule has 2 aromatic carbocycles. The second kappa shape index (κ2) is 6.87. The lowest BCUT2D eigenvalue weighted by molar-refractivity contribution is -0.119. The molecule has 0 bridgehead atoms. The van der Waals surface area contributed by atoms with Crippen LogP contribution in [-0.2, 0) is 4.79 Å². The first kappa shape index (κ1) is 17.5. The molecule has 0 unspecified atom stereocenters. The molecular formula is C19H18N2O5. The SMILES string of the molecule is COc1ccc(NC(=O)[C@@H](C)N2C(=O)c3ccccc3C2=O)c(OC)c1. The lowest BCUT2D eigenvalue weighted by Crippen LogP contribution is -2.45. The van der Waals surface area contributed by atoms with Crippen molar-refractivity contribution in [3.8, 4) is 11.5 Å². The molecule has 7 heteroatoms. The van der Waals surface area contributed by atoms with Crippen molar-refractivity contribution >= 4 is 23.4 Å². The normalized spacial score (nSPS) is 14.0. The predicted molar refractivity (Wildman–Crippen MR) is 94.6 cm³/mol. The molecule has 0 aliphatic carbocycles. The largest absolute Gasteiger partial charge is 0.497 e. The molecule has 134 valence electrons. The van der Waals surface area contributed by atoms with Crippen molar-refractivity contribution in [1.29, 1.82) is 0 Å². The Labute approximate surface area is 150 Å². The van der Waals surface area contributed by atoms with Crippen LogP contribution in [0.2, 0.25) is 0 Å². The summed E-state index contributed by atoms with van der Waals surface area (Å²) in [6.07, 6.45) is 0. The number of hydrogen-bond donors (Lipinski definition) is 1. The van der Waals surface area contributed by atoms with E-state index in [9.17, 15) is 14.4 Å². The third kappa shape index (κ3) is 2.88. The molecule has 0 saturated heterocycles. The average Bonchev–Trinajstić information content (AvgIpc) is 2.92. The van der Waals surface area contributed by atoms with Crippen LogP contribution in [0.3, 0.4) is 0 Å². The number of methoxy groups -OCH3 is 2. The number of amides is 3. The molecule has 0 radical (unpaired) electrons. The van der Waals surface area contributed by atoms with Crippen molar-refractivity contribution in [2.75, 3.05) is 19.5 Å². The van der Waals surface area contributed by atoms with Gasteiger partial charge < -0.3 is 14.8 Å². The van der Waals surface area contributed by atoms with Crippen molar-refractivity contribution in [2.45, 2.75) is 13.0 Å². The van der Waals surface area contributed by atoms with Gasteiger partial charge in [0.05, 0.1) is 31.0 Å². The summed E-state index contributed by atoms with van der Waals surface area (Å²) < 4.78 is 10.4. The Kier molecular flexibility index (Phi) is 4.62. The van der Waals surface area contributed by atoms with Crippen LogP contribution in [0.5, 0.6) is 11.5 Å². The van der Waals surface area contributed by atoms with E-state index in [1.165, 1.54) is 21.1 Å². The molecule has 3 rings (SSSR count). The fraction of sp³-hybridized carbons (Fsp3) is 0.211. The first-order valence-electron chi connectivity index (χ1n) is 7.97. The highest BCUT2D eigenvalue weighted by Gasteiger charge is 2.40. The van der Waals surface area contributed by atoms with Gasteiger partial charge >= 0.3 is 0 Å². The van der Waals surface area contributed by atoms with Crippen molar-refractivity contribution < 1.29 is 23.9 Å². The maximum atomic E-state index is 12.6. The number of nitrogens with one attached hydrogen (secondary N) is 1. The summed E-state index contributed by atoms with van der Waals surface area (Å²) in [6, 6.07) is 10.5. The van der Waals surface area contributed by atoms with E-state index in [1.54, 1.807) is 42.5 Å². The summed E-state index contributed by atoms with van der Waals surface area (Å²) in [7, 11) is 3.00. The molecule has 2 aromatic rings. The smallest absolute Gasteiger partial charge is 0.262 e. The lowest BCUT2D eigenvalue weighted by Gasteiger charge is -2.22. The summed E-state index contributed by atoms with van der Waals surface area (Å²) in [4.78, 5) is 38.6. The highest BCUT2D eigenvalue weighted by atomic mass is 16.5. The molecular weight excluding hydrogens is 336 g/mol. The first-order valence-corrected chi connectivity index (χ1v) is 7.97. The summed E-state index contributed by atoms with van der Waals surface area (Å²) in [5.41, 5.74) is 1.03. The van der Waals surface area contributed by atoms with Gasteiger partial charge in [0.1, 0.15) is 17.5 Å². The number of fused-ring (bicyclic) bond motifs is 1. The van der Waals surface area contributed by atoms with E-state index in [0.29, 0.717) is 28.3 Å². The monoisotopic (exact) mass is 354 g/mol. The second-order valence-electron chi connectivity index (χ2n) is 5.76.